The number of nitrogens with one attached hydrogen (secondary N) is 3. The molecule has 2 unspecified atom stereocenters. The number of rotatable bonds is 4. The maximum absolute atomic E-state index is 13.0. The highest BCUT2D eigenvalue weighted by Gasteiger charge is 2.35. The van der Waals surface area contributed by atoms with Crippen LogP contribution in [0.15, 0.2) is 24.3 Å². The molecule has 4 rings (SSSR count). The molecule has 1 saturated carbocycles. The zero-order valence-electron chi connectivity index (χ0n) is 17.7. The van der Waals surface area contributed by atoms with Gasteiger partial charge in [0.2, 0.25) is 11.8 Å². The largest absolute Gasteiger partial charge is 0.353 e. The van der Waals surface area contributed by atoms with Crippen LogP contribution >= 0.6 is 11.6 Å². The maximum atomic E-state index is 13.0. The van der Waals surface area contributed by atoms with Gasteiger partial charge in [0.15, 0.2) is 0 Å². The number of likely N-dealkylation sites (tertiary alicyclic amines) is 1. The molecule has 2 atom stereocenters. The van der Waals surface area contributed by atoms with Crippen LogP contribution in [-0.2, 0) is 9.59 Å². The van der Waals surface area contributed by atoms with Gasteiger partial charge in [-0.25, -0.2) is 10.9 Å². The second kappa shape index (κ2) is 9.67. The molecule has 2 aliphatic heterocycles. The van der Waals surface area contributed by atoms with Gasteiger partial charge in [-0.3, -0.25) is 9.59 Å². The van der Waals surface area contributed by atoms with Crippen LogP contribution < -0.4 is 16.2 Å². The highest BCUT2D eigenvalue weighted by Crippen LogP contribution is 2.29. The minimum atomic E-state index is -0.232. The average molecular weight is 433 g/mol. The standard InChI is InChI=1S/C23H33ClN4O2/c1-15-5-7-16(8-6-15)22(29)25-19-9-11-28(12-10-19)23(30)21-14-20(26-27-21)17-3-2-4-18(24)13-17/h2-4,13,15-16,19-21,26-27H,5-12,14H2,1H3,(H,25,29). The Morgan fingerprint density at radius 2 is 1.80 bits per heavy atom. The quantitative estimate of drug-likeness (QED) is 0.683. The lowest BCUT2D eigenvalue weighted by Gasteiger charge is -2.35. The smallest absolute Gasteiger partial charge is 0.241 e. The van der Waals surface area contributed by atoms with E-state index in [2.05, 4.69) is 23.1 Å². The Morgan fingerprint density at radius 3 is 2.50 bits per heavy atom. The minimum absolute atomic E-state index is 0.0766. The average Bonchev–Trinajstić information content (AvgIpc) is 3.24. The third-order valence-corrected chi connectivity index (χ3v) is 7.23. The Labute approximate surface area is 184 Å². The van der Waals surface area contributed by atoms with Crippen molar-refractivity contribution in [2.45, 2.75) is 70.0 Å². The third kappa shape index (κ3) is 5.16. The molecule has 2 heterocycles. The maximum Gasteiger partial charge on any atom is 0.241 e. The molecule has 0 radical (unpaired) electrons. The second-order valence-electron chi connectivity index (χ2n) is 9.25. The van der Waals surface area contributed by atoms with Crippen molar-refractivity contribution in [2.75, 3.05) is 13.1 Å². The van der Waals surface area contributed by atoms with E-state index in [1.54, 1.807) is 0 Å². The van der Waals surface area contributed by atoms with E-state index in [-0.39, 0.29) is 35.9 Å². The lowest BCUT2D eigenvalue weighted by molar-refractivity contribution is -0.134. The van der Waals surface area contributed by atoms with Gasteiger partial charge in [-0.05, 0) is 68.6 Å². The van der Waals surface area contributed by atoms with Crippen LogP contribution in [0.25, 0.3) is 0 Å². The molecule has 3 aliphatic rings. The molecule has 0 aromatic heterocycles. The molecule has 2 amide bonds. The molecule has 1 aromatic rings. The number of nitrogens with zero attached hydrogens (tertiary/aromatic N) is 1. The van der Waals surface area contributed by atoms with Crippen LogP contribution in [-0.4, -0.2) is 41.9 Å². The highest BCUT2D eigenvalue weighted by molar-refractivity contribution is 6.30. The molecule has 1 aromatic carbocycles. The molecule has 7 heteroatoms. The molecule has 0 bridgehead atoms. The summed E-state index contributed by atoms with van der Waals surface area (Å²) >= 11 is 6.10. The van der Waals surface area contributed by atoms with Crippen molar-refractivity contribution in [2.24, 2.45) is 11.8 Å². The topological polar surface area (TPSA) is 73.5 Å². The SMILES string of the molecule is CC1CCC(C(=O)NC2CCN(C(=O)C3CC(c4cccc(Cl)c4)NN3)CC2)CC1. The molecular weight excluding hydrogens is 400 g/mol. The molecule has 3 fully saturated rings. The van der Waals surface area contributed by atoms with Crippen LogP contribution in [0.2, 0.25) is 5.02 Å². The summed E-state index contributed by atoms with van der Waals surface area (Å²) < 4.78 is 0. The number of hydrogen-bond donors (Lipinski definition) is 3. The first-order valence-electron chi connectivity index (χ1n) is 11.4. The van der Waals surface area contributed by atoms with Crippen LogP contribution in [0.3, 0.4) is 0 Å². The Morgan fingerprint density at radius 1 is 1.07 bits per heavy atom. The molecule has 2 saturated heterocycles. The zero-order chi connectivity index (χ0) is 21.1. The fourth-order valence-corrected chi connectivity index (χ4v) is 5.16. The predicted octanol–water partition coefficient (Wildman–Crippen LogP) is 3.18. The summed E-state index contributed by atoms with van der Waals surface area (Å²) in [5.74, 6) is 1.29. The minimum Gasteiger partial charge on any atom is -0.353 e. The van der Waals surface area contributed by atoms with E-state index in [1.165, 1.54) is 0 Å². The first-order valence-corrected chi connectivity index (χ1v) is 11.7. The molecule has 6 nitrogen and oxygen atoms in total. The van der Waals surface area contributed by atoms with Gasteiger partial charge < -0.3 is 10.2 Å². The molecule has 164 valence electrons. The zero-order valence-corrected chi connectivity index (χ0v) is 18.5. The van der Waals surface area contributed by atoms with Crippen LogP contribution in [0.5, 0.6) is 0 Å². The molecule has 30 heavy (non-hydrogen) atoms. The fourth-order valence-electron chi connectivity index (χ4n) is 4.97. The number of benzene rings is 1. The lowest BCUT2D eigenvalue weighted by Crippen LogP contribution is -2.52. The van der Waals surface area contributed by atoms with Crippen molar-refractivity contribution < 1.29 is 9.59 Å². The van der Waals surface area contributed by atoms with Crippen molar-refractivity contribution in [3.63, 3.8) is 0 Å². The van der Waals surface area contributed by atoms with E-state index in [0.717, 1.165) is 50.0 Å². The Hall–Kier alpha value is -1.63. The highest BCUT2D eigenvalue weighted by atomic mass is 35.5. The number of carbonyl (C=O) groups is 2. The van der Waals surface area contributed by atoms with Crippen molar-refractivity contribution in [1.82, 2.24) is 21.1 Å². The van der Waals surface area contributed by atoms with E-state index in [0.29, 0.717) is 24.5 Å². The van der Waals surface area contributed by atoms with Crippen LogP contribution in [0.4, 0.5) is 0 Å². The number of hydrogen-bond acceptors (Lipinski definition) is 4. The number of amides is 2. The summed E-state index contributed by atoms with van der Waals surface area (Å²) in [6.45, 7) is 3.67. The summed E-state index contributed by atoms with van der Waals surface area (Å²) in [5.41, 5.74) is 7.48. The molecular formula is C23H33ClN4O2. The van der Waals surface area contributed by atoms with Gasteiger partial charge >= 0.3 is 0 Å². The number of hydrazine groups is 1. The van der Waals surface area contributed by atoms with Crippen molar-refractivity contribution >= 4 is 23.4 Å². The van der Waals surface area contributed by atoms with E-state index in [4.69, 9.17) is 11.6 Å². The van der Waals surface area contributed by atoms with Gasteiger partial charge in [0.1, 0.15) is 6.04 Å². The summed E-state index contributed by atoms with van der Waals surface area (Å²) in [5, 5.41) is 3.95. The Kier molecular flexibility index (Phi) is 6.96. The summed E-state index contributed by atoms with van der Waals surface area (Å²) in [6.07, 6.45) is 6.71. The van der Waals surface area contributed by atoms with E-state index in [9.17, 15) is 9.59 Å². The molecule has 1 aliphatic carbocycles. The third-order valence-electron chi connectivity index (χ3n) is 6.99. The van der Waals surface area contributed by atoms with E-state index in [1.807, 2.05) is 29.2 Å². The second-order valence-corrected chi connectivity index (χ2v) is 9.69. The molecule has 3 N–H and O–H groups in total. The monoisotopic (exact) mass is 432 g/mol. The fraction of sp³-hybridized carbons (Fsp3) is 0.652. The van der Waals surface area contributed by atoms with Gasteiger partial charge in [0.05, 0.1) is 0 Å². The number of halogens is 1. The summed E-state index contributed by atoms with van der Waals surface area (Å²) in [4.78, 5) is 27.5. The van der Waals surface area contributed by atoms with Crippen molar-refractivity contribution in [1.29, 1.82) is 0 Å². The summed E-state index contributed by atoms with van der Waals surface area (Å²) in [7, 11) is 0. The first-order chi connectivity index (χ1) is 14.5. The number of piperidine rings is 1. The predicted molar refractivity (Wildman–Crippen MR) is 118 cm³/mol. The van der Waals surface area contributed by atoms with E-state index < -0.39 is 0 Å². The van der Waals surface area contributed by atoms with Gasteiger partial charge in [-0.2, -0.15) is 0 Å². The van der Waals surface area contributed by atoms with Crippen molar-refractivity contribution in [3.8, 4) is 0 Å². The van der Waals surface area contributed by atoms with Gasteiger partial charge in [-0.1, -0.05) is 30.7 Å². The normalized spacial score (nSPS) is 30.3. The van der Waals surface area contributed by atoms with Gasteiger partial charge in [-0.15, -0.1) is 0 Å². The molecule has 0 spiro atoms. The lowest BCUT2D eigenvalue weighted by atomic mass is 9.82. The van der Waals surface area contributed by atoms with Gasteiger partial charge in [0.25, 0.3) is 0 Å². The van der Waals surface area contributed by atoms with Crippen LogP contribution in [0.1, 0.15) is 63.5 Å². The Balaban J connectivity index is 1.22. The summed E-state index contributed by atoms with van der Waals surface area (Å²) in [6, 6.07) is 7.79. The first kappa shape index (κ1) is 21.6. The van der Waals surface area contributed by atoms with Gasteiger partial charge in [0, 0.05) is 36.1 Å². The van der Waals surface area contributed by atoms with Crippen LogP contribution in [0, 0.1) is 11.8 Å². The number of carbonyl (C=O) groups excluding carboxylic acids is 2. The van der Waals surface area contributed by atoms with Crippen molar-refractivity contribution in [3.05, 3.63) is 34.9 Å². The Bertz CT molecular complexity index is 757. The van der Waals surface area contributed by atoms with E-state index >= 15 is 0 Å².